The summed E-state index contributed by atoms with van der Waals surface area (Å²) in [6.45, 7) is 0. The van der Waals surface area contributed by atoms with Crippen LogP contribution in [-0.4, -0.2) is 20.6 Å². The topological polar surface area (TPSA) is 84.8 Å². The molecule has 1 N–H and O–H groups in total. The van der Waals surface area contributed by atoms with Crippen LogP contribution < -0.4 is 9.57 Å². The molecule has 0 spiro atoms. The van der Waals surface area contributed by atoms with Gasteiger partial charge in [-0.1, -0.05) is 60.1 Å². The molecule has 32 heavy (non-hydrogen) atoms. The molecule has 0 unspecified atom stereocenters. The van der Waals surface area contributed by atoms with Gasteiger partial charge >= 0.3 is 5.97 Å². The normalized spacial score (nSPS) is 11.5. The van der Waals surface area contributed by atoms with Crippen LogP contribution >= 0.6 is 11.6 Å². The van der Waals surface area contributed by atoms with E-state index in [1.54, 1.807) is 36.4 Å². The largest absolute Gasteiger partial charge is 0.422 e. The first-order valence-electron chi connectivity index (χ1n) is 9.53. The van der Waals surface area contributed by atoms with E-state index in [9.17, 15) is 13.2 Å². The number of nitrogens with one attached hydrogen (secondary N) is 1. The standard InChI is InChI=1S/C24H17ClN2O4S/c25-19-11-13-20(14-12-19)32(29,30)27-26-16-22-21-9-5-4-6-17(21)10-15-23(22)31-24(28)18-7-2-1-3-8-18/h1-16,27H/b26-16+. The second-order valence-electron chi connectivity index (χ2n) is 6.76. The van der Waals surface area contributed by atoms with Crippen molar-refractivity contribution in [1.29, 1.82) is 0 Å². The van der Waals surface area contributed by atoms with E-state index in [-0.39, 0.29) is 10.6 Å². The van der Waals surface area contributed by atoms with Crippen molar-refractivity contribution in [3.63, 3.8) is 0 Å². The van der Waals surface area contributed by atoms with E-state index in [0.717, 1.165) is 10.8 Å². The van der Waals surface area contributed by atoms with Crippen molar-refractivity contribution in [3.8, 4) is 5.75 Å². The second kappa shape index (κ2) is 9.21. The third kappa shape index (κ3) is 4.80. The molecule has 4 aromatic rings. The van der Waals surface area contributed by atoms with Crippen LogP contribution in [-0.2, 0) is 10.0 Å². The Labute approximate surface area is 190 Å². The maximum absolute atomic E-state index is 12.6. The van der Waals surface area contributed by atoms with Gasteiger partial charge in [-0.25, -0.2) is 9.63 Å². The van der Waals surface area contributed by atoms with Gasteiger partial charge in [-0.2, -0.15) is 13.5 Å². The monoisotopic (exact) mass is 464 g/mol. The van der Waals surface area contributed by atoms with E-state index in [2.05, 4.69) is 9.93 Å². The first-order valence-corrected chi connectivity index (χ1v) is 11.4. The molecule has 0 aliphatic rings. The molecular formula is C24H17ClN2O4S. The number of rotatable bonds is 6. The maximum atomic E-state index is 12.6. The summed E-state index contributed by atoms with van der Waals surface area (Å²) in [5.41, 5.74) is 0.859. The van der Waals surface area contributed by atoms with Crippen LogP contribution in [0.5, 0.6) is 5.75 Å². The fourth-order valence-electron chi connectivity index (χ4n) is 3.06. The lowest BCUT2D eigenvalue weighted by atomic mass is 10.0. The first kappa shape index (κ1) is 21.5. The minimum absolute atomic E-state index is 0.0210. The number of halogens is 1. The van der Waals surface area contributed by atoms with Crippen LogP contribution in [0.1, 0.15) is 15.9 Å². The Hall–Kier alpha value is -3.68. The Morgan fingerprint density at radius 3 is 2.31 bits per heavy atom. The highest BCUT2D eigenvalue weighted by molar-refractivity contribution is 7.89. The van der Waals surface area contributed by atoms with E-state index in [4.69, 9.17) is 16.3 Å². The van der Waals surface area contributed by atoms with E-state index < -0.39 is 16.0 Å². The number of esters is 1. The van der Waals surface area contributed by atoms with Crippen molar-refractivity contribution in [1.82, 2.24) is 4.83 Å². The van der Waals surface area contributed by atoms with Crippen LogP contribution in [0, 0.1) is 0 Å². The molecule has 0 radical (unpaired) electrons. The van der Waals surface area contributed by atoms with Gasteiger partial charge in [0, 0.05) is 10.6 Å². The van der Waals surface area contributed by atoms with Crippen molar-refractivity contribution in [2.75, 3.05) is 0 Å². The third-order valence-corrected chi connectivity index (χ3v) is 6.12. The van der Waals surface area contributed by atoms with Crippen LogP contribution in [0.3, 0.4) is 0 Å². The van der Waals surface area contributed by atoms with Gasteiger partial charge in [-0.3, -0.25) is 0 Å². The molecule has 0 fully saturated rings. The minimum Gasteiger partial charge on any atom is -0.422 e. The fraction of sp³-hybridized carbons (Fsp3) is 0. The molecule has 0 heterocycles. The zero-order chi connectivity index (χ0) is 22.6. The molecule has 0 aromatic heterocycles. The van der Waals surface area contributed by atoms with E-state index in [1.165, 1.54) is 30.5 Å². The van der Waals surface area contributed by atoms with Crippen molar-refractivity contribution >= 4 is 44.6 Å². The number of hydrazone groups is 1. The number of nitrogens with zero attached hydrogens (tertiary/aromatic N) is 1. The molecule has 0 atom stereocenters. The van der Waals surface area contributed by atoms with Crippen molar-refractivity contribution in [2.24, 2.45) is 5.10 Å². The zero-order valence-electron chi connectivity index (χ0n) is 16.6. The molecule has 0 amide bonds. The molecule has 4 rings (SSSR count). The fourth-order valence-corrected chi connectivity index (χ4v) is 3.97. The molecule has 0 saturated heterocycles. The van der Waals surface area contributed by atoms with Gasteiger partial charge in [-0.05, 0) is 53.2 Å². The van der Waals surface area contributed by atoms with Crippen LogP contribution in [0.2, 0.25) is 5.02 Å². The van der Waals surface area contributed by atoms with E-state index >= 15 is 0 Å². The Bertz CT molecular complexity index is 1400. The molecule has 0 aliphatic carbocycles. The van der Waals surface area contributed by atoms with Crippen molar-refractivity contribution in [3.05, 3.63) is 107 Å². The molecule has 0 bridgehead atoms. The molecule has 4 aromatic carbocycles. The van der Waals surface area contributed by atoms with Crippen molar-refractivity contribution < 1.29 is 17.9 Å². The van der Waals surface area contributed by atoms with E-state index in [1.807, 2.05) is 30.3 Å². The number of benzene rings is 4. The Morgan fingerprint density at radius 2 is 1.56 bits per heavy atom. The highest BCUT2D eigenvalue weighted by Crippen LogP contribution is 2.27. The quantitative estimate of drug-likeness (QED) is 0.188. The molecule has 8 heteroatoms. The highest BCUT2D eigenvalue weighted by Gasteiger charge is 2.15. The summed E-state index contributed by atoms with van der Waals surface area (Å²) in [6, 6.07) is 25.2. The smallest absolute Gasteiger partial charge is 0.343 e. The summed E-state index contributed by atoms with van der Waals surface area (Å²) in [5, 5.41) is 5.97. The molecular weight excluding hydrogens is 448 g/mol. The van der Waals surface area contributed by atoms with E-state index in [0.29, 0.717) is 16.1 Å². The molecule has 0 saturated carbocycles. The van der Waals surface area contributed by atoms with Crippen LogP contribution in [0.25, 0.3) is 10.8 Å². The Morgan fingerprint density at radius 1 is 0.875 bits per heavy atom. The van der Waals surface area contributed by atoms with Gasteiger partial charge in [0.15, 0.2) is 0 Å². The number of fused-ring (bicyclic) bond motifs is 1. The van der Waals surface area contributed by atoms with Gasteiger partial charge in [0.25, 0.3) is 10.0 Å². The zero-order valence-corrected chi connectivity index (χ0v) is 18.2. The summed E-state index contributed by atoms with van der Waals surface area (Å²) in [6.07, 6.45) is 1.32. The number of hydrogen-bond acceptors (Lipinski definition) is 5. The van der Waals surface area contributed by atoms with Gasteiger partial charge in [0.05, 0.1) is 16.7 Å². The predicted octanol–water partition coefficient (Wildman–Crippen LogP) is 5.02. The average Bonchev–Trinajstić information content (AvgIpc) is 2.81. The van der Waals surface area contributed by atoms with Gasteiger partial charge in [0.2, 0.25) is 0 Å². The SMILES string of the molecule is O=C(Oc1ccc2ccccc2c1/C=N/NS(=O)(=O)c1ccc(Cl)cc1)c1ccccc1. The Balaban J connectivity index is 1.66. The average molecular weight is 465 g/mol. The number of carbonyl (C=O) groups is 1. The lowest BCUT2D eigenvalue weighted by Gasteiger charge is -2.11. The maximum Gasteiger partial charge on any atom is 0.343 e. The van der Waals surface area contributed by atoms with Gasteiger partial charge in [0.1, 0.15) is 5.75 Å². The molecule has 160 valence electrons. The molecule has 6 nitrogen and oxygen atoms in total. The predicted molar refractivity (Wildman–Crippen MR) is 125 cm³/mol. The summed E-state index contributed by atoms with van der Waals surface area (Å²) in [4.78, 5) is 14.8. The number of carbonyl (C=O) groups excluding carboxylic acids is 1. The number of ether oxygens (including phenoxy) is 1. The van der Waals surface area contributed by atoms with Gasteiger partial charge in [-0.15, -0.1) is 0 Å². The minimum atomic E-state index is -3.89. The lowest BCUT2D eigenvalue weighted by Crippen LogP contribution is -2.18. The molecule has 0 aliphatic heterocycles. The van der Waals surface area contributed by atoms with Gasteiger partial charge < -0.3 is 4.74 Å². The lowest BCUT2D eigenvalue weighted by molar-refractivity contribution is 0.0734. The summed E-state index contributed by atoms with van der Waals surface area (Å²) < 4.78 is 30.6. The highest BCUT2D eigenvalue weighted by atomic mass is 35.5. The van der Waals surface area contributed by atoms with Crippen LogP contribution in [0.4, 0.5) is 0 Å². The Kier molecular flexibility index (Phi) is 6.20. The summed E-state index contributed by atoms with van der Waals surface area (Å²) >= 11 is 5.82. The van der Waals surface area contributed by atoms with Crippen molar-refractivity contribution in [2.45, 2.75) is 4.90 Å². The van der Waals surface area contributed by atoms with Crippen LogP contribution in [0.15, 0.2) is 101 Å². The number of hydrogen-bond donors (Lipinski definition) is 1. The third-order valence-electron chi connectivity index (χ3n) is 4.63. The summed E-state index contributed by atoms with van der Waals surface area (Å²) in [7, 11) is -3.89. The second-order valence-corrected chi connectivity index (χ2v) is 8.86. The number of sulfonamides is 1. The first-order chi connectivity index (χ1) is 15.4. The summed E-state index contributed by atoms with van der Waals surface area (Å²) in [5.74, 6) is -0.274.